The van der Waals surface area contributed by atoms with Crippen LogP contribution in [0, 0.1) is 0 Å². The molecule has 0 amide bonds. The zero-order valence-corrected chi connectivity index (χ0v) is 13.7. The summed E-state index contributed by atoms with van der Waals surface area (Å²) in [5.41, 5.74) is 0. The molecule has 0 rings (SSSR count). The van der Waals surface area contributed by atoms with E-state index in [-0.39, 0.29) is 6.10 Å². The maximum Gasteiger partial charge on any atom is 0.331 e. The molecule has 0 radical (unpaired) electrons. The van der Waals surface area contributed by atoms with Crippen LogP contribution in [-0.4, -0.2) is 24.6 Å². The second-order valence-electron chi connectivity index (χ2n) is 5.17. The first-order valence-corrected chi connectivity index (χ1v) is 8.19. The minimum Gasteiger partial charge on any atom is -0.463 e. The second-order valence-corrected chi connectivity index (χ2v) is 5.17. The average molecular weight is 298 g/mol. The minimum absolute atomic E-state index is 0.0628. The first-order valence-electron chi connectivity index (χ1n) is 8.19. The largest absolute Gasteiger partial charge is 0.463 e. The molecule has 21 heavy (non-hydrogen) atoms. The topological polar surface area (TPSA) is 52.6 Å². The molecule has 4 heteroatoms. The van der Waals surface area contributed by atoms with E-state index in [9.17, 15) is 9.59 Å². The summed E-state index contributed by atoms with van der Waals surface area (Å²) in [5.74, 6) is -0.953. The normalized spacial score (nSPS) is 12.3. The molecule has 0 saturated heterocycles. The quantitative estimate of drug-likeness (QED) is 0.308. The Labute approximate surface area is 128 Å². The van der Waals surface area contributed by atoms with Crippen LogP contribution in [-0.2, 0) is 19.1 Å². The number of rotatable bonds is 12. The standard InChI is InChI=1S/C17H30O4/c1-4-7-9-10-14-20-16(18)12-13-17(19)21-15(6-3)11-8-5-2/h12-13,15H,4-11,14H2,1-3H3/b13-12+. The van der Waals surface area contributed by atoms with Crippen LogP contribution in [0.5, 0.6) is 0 Å². The fourth-order valence-electron chi connectivity index (χ4n) is 1.87. The fourth-order valence-corrected chi connectivity index (χ4v) is 1.87. The Balaban J connectivity index is 3.87. The van der Waals surface area contributed by atoms with Crippen molar-refractivity contribution in [2.24, 2.45) is 0 Å². The summed E-state index contributed by atoms with van der Waals surface area (Å²) < 4.78 is 10.3. The lowest BCUT2D eigenvalue weighted by atomic mass is 10.1. The number of hydrogen-bond donors (Lipinski definition) is 0. The Morgan fingerprint density at radius 2 is 1.57 bits per heavy atom. The lowest BCUT2D eigenvalue weighted by Crippen LogP contribution is -2.16. The number of carbonyl (C=O) groups excluding carboxylic acids is 2. The lowest BCUT2D eigenvalue weighted by Gasteiger charge is -2.14. The van der Waals surface area contributed by atoms with Gasteiger partial charge in [-0.15, -0.1) is 0 Å². The van der Waals surface area contributed by atoms with E-state index >= 15 is 0 Å². The number of hydrogen-bond acceptors (Lipinski definition) is 4. The second kappa shape index (κ2) is 13.7. The van der Waals surface area contributed by atoms with Crippen LogP contribution >= 0.6 is 0 Å². The van der Waals surface area contributed by atoms with Crippen molar-refractivity contribution in [3.8, 4) is 0 Å². The number of esters is 2. The maximum absolute atomic E-state index is 11.6. The Morgan fingerprint density at radius 3 is 2.19 bits per heavy atom. The van der Waals surface area contributed by atoms with Crippen LogP contribution in [0.1, 0.15) is 72.1 Å². The van der Waals surface area contributed by atoms with Crippen molar-refractivity contribution in [2.45, 2.75) is 78.2 Å². The van der Waals surface area contributed by atoms with Crippen LogP contribution in [0.4, 0.5) is 0 Å². The Hall–Kier alpha value is -1.32. The zero-order chi connectivity index (χ0) is 15.9. The smallest absolute Gasteiger partial charge is 0.331 e. The third-order valence-corrected chi connectivity index (χ3v) is 3.22. The molecule has 1 atom stereocenters. The summed E-state index contributed by atoms with van der Waals surface area (Å²) in [6.45, 7) is 6.63. The molecule has 0 aromatic carbocycles. The average Bonchev–Trinajstić information content (AvgIpc) is 2.49. The van der Waals surface area contributed by atoms with E-state index in [4.69, 9.17) is 9.47 Å². The van der Waals surface area contributed by atoms with E-state index in [0.717, 1.165) is 63.5 Å². The third kappa shape index (κ3) is 12.2. The highest BCUT2D eigenvalue weighted by Crippen LogP contribution is 2.09. The van der Waals surface area contributed by atoms with Gasteiger partial charge in [0.15, 0.2) is 0 Å². The zero-order valence-electron chi connectivity index (χ0n) is 13.7. The van der Waals surface area contributed by atoms with Crippen LogP contribution < -0.4 is 0 Å². The van der Waals surface area contributed by atoms with E-state index < -0.39 is 11.9 Å². The van der Waals surface area contributed by atoms with Crippen molar-refractivity contribution in [1.82, 2.24) is 0 Å². The highest BCUT2D eigenvalue weighted by molar-refractivity contribution is 5.91. The minimum atomic E-state index is -0.481. The molecule has 0 bridgehead atoms. The first-order chi connectivity index (χ1) is 10.1. The molecule has 0 aliphatic heterocycles. The molecule has 0 spiro atoms. The molecule has 0 N–H and O–H groups in total. The number of ether oxygens (including phenoxy) is 2. The van der Waals surface area contributed by atoms with Crippen molar-refractivity contribution < 1.29 is 19.1 Å². The Kier molecular flexibility index (Phi) is 12.8. The summed E-state index contributed by atoms with van der Waals surface area (Å²) in [4.78, 5) is 23.0. The molecule has 4 nitrogen and oxygen atoms in total. The molecule has 0 saturated carbocycles. The summed E-state index contributed by atoms with van der Waals surface area (Å²) in [5, 5.41) is 0. The number of unbranched alkanes of at least 4 members (excludes halogenated alkanes) is 4. The summed E-state index contributed by atoms with van der Waals surface area (Å²) in [6, 6.07) is 0. The van der Waals surface area contributed by atoms with Crippen molar-refractivity contribution >= 4 is 11.9 Å². The van der Waals surface area contributed by atoms with Gasteiger partial charge < -0.3 is 9.47 Å². The van der Waals surface area contributed by atoms with Gasteiger partial charge in [-0.1, -0.05) is 52.9 Å². The lowest BCUT2D eigenvalue weighted by molar-refractivity contribution is -0.144. The van der Waals surface area contributed by atoms with Gasteiger partial charge in [-0.05, 0) is 19.3 Å². The van der Waals surface area contributed by atoms with Crippen molar-refractivity contribution in [3.05, 3.63) is 12.2 Å². The van der Waals surface area contributed by atoms with Crippen LogP contribution in [0.15, 0.2) is 12.2 Å². The van der Waals surface area contributed by atoms with Gasteiger partial charge in [0.2, 0.25) is 0 Å². The molecular weight excluding hydrogens is 268 g/mol. The van der Waals surface area contributed by atoms with Crippen molar-refractivity contribution in [3.63, 3.8) is 0 Å². The molecule has 122 valence electrons. The summed E-state index contributed by atoms with van der Waals surface area (Å²) in [7, 11) is 0. The molecule has 1 unspecified atom stereocenters. The number of carbonyl (C=O) groups is 2. The molecule has 0 heterocycles. The molecule has 0 fully saturated rings. The van der Waals surface area contributed by atoms with E-state index in [0.29, 0.717) is 6.61 Å². The van der Waals surface area contributed by atoms with Crippen molar-refractivity contribution in [1.29, 1.82) is 0 Å². The monoisotopic (exact) mass is 298 g/mol. The van der Waals surface area contributed by atoms with Crippen LogP contribution in [0.3, 0.4) is 0 Å². The SMILES string of the molecule is CCCCCCOC(=O)/C=C/C(=O)OC(CC)CCCC. The maximum atomic E-state index is 11.6. The van der Waals surface area contributed by atoms with Gasteiger partial charge in [-0.3, -0.25) is 0 Å². The Bertz CT molecular complexity index is 310. The van der Waals surface area contributed by atoms with E-state index in [2.05, 4.69) is 13.8 Å². The van der Waals surface area contributed by atoms with Gasteiger partial charge in [0.05, 0.1) is 6.61 Å². The highest BCUT2D eigenvalue weighted by Gasteiger charge is 2.10. The third-order valence-electron chi connectivity index (χ3n) is 3.22. The van der Waals surface area contributed by atoms with Crippen molar-refractivity contribution in [2.75, 3.05) is 6.61 Å². The van der Waals surface area contributed by atoms with Crippen LogP contribution in [0.2, 0.25) is 0 Å². The highest BCUT2D eigenvalue weighted by atomic mass is 16.5. The van der Waals surface area contributed by atoms with Gasteiger partial charge in [0, 0.05) is 12.2 Å². The molecule has 0 aliphatic rings. The first kappa shape index (κ1) is 19.7. The van der Waals surface area contributed by atoms with Gasteiger partial charge in [0.1, 0.15) is 6.10 Å². The van der Waals surface area contributed by atoms with Gasteiger partial charge in [-0.2, -0.15) is 0 Å². The van der Waals surface area contributed by atoms with Crippen LogP contribution in [0.25, 0.3) is 0 Å². The molecule has 0 aromatic heterocycles. The van der Waals surface area contributed by atoms with Gasteiger partial charge in [-0.25, -0.2) is 9.59 Å². The Morgan fingerprint density at radius 1 is 0.905 bits per heavy atom. The van der Waals surface area contributed by atoms with E-state index in [1.807, 2.05) is 6.92 Å². The van der Waals surface area contributed by atoms with E-state index in [1.54, 1.807) is 0 Å². The molecule has 0 aliphatic carbocycles. The predicted octanol–water partition coefficient (Wildman–Crippen LogP) is 4.18. The van der Waals surface area contributed by atoms with Gasteiger partial charge in [0.25, 0.3) is 0 Å². The summed E-state index contributed by atoms with van der Waals surface area (Å²) in [6.07, 6.45) is 10.2. The predicted molar refractivity (Wildman–Crippen MR) is 83.9 cm³/mol. The van der Waals surface area contributed by atoms with Gasteiger partial charge >= 0.3 is 11.9 Å². The molecule has 0 aromatic rings. The summed E-state index contributed by atoms with van der Waals surface area (Å²) >= 11 is 0. The van der Waals surface area contributed by atoms with E-state index in [1.165, 1.54) is 0 Å². The fraction of sp³-hybridized carbons (Fsp3) is 0.765. The molecular formula is C17H30O4.